The number of hydrogen-bond donors (Lipinski definition) is 6. The quantitative estimate of drug-likeness (QED) is 0.00306. The van der Waals surface area contributed by atoms with Crippen molar-refractivity contribution in [1.29, 1.82) is 0 Å². The number of hydrogen-bond acceptors (Lipinski definition) is 50. The first-order valence-corrected chi connectivity index (χ1v) is 46.1. The van der Waals surface area contributed by atoms with Crippen molar-refractivity contribution in [3.8, 4) is 11.5 Å². The largest absolute Gasteiger partial charge is 1.00 e. The van der Waals surface area contributed by atoms with Crippen LogP contribution >= 0.6 is 24.1 Å². The molecule has 0 bridgehead atoms. The van der Waals surface area contributed by atoms with Crippen molar-refractivity contribution in [2.24, 2.45) is 40.9 Å². The summed E-state index contributed by atoms with van der Waals surface area (Å²) in [6.07, 6.45) is -1.31. The average molecular weight is 2110 g/mol. The molecule has 50 nitrogen and oxygen atoms in total. The Labute approximate surface area is 939 Å². The number of azo groups is 4. The summed E-state index contributed by atoms with van der Waals surface area (Å²) < 4.78 is 295. The second-order valence-electron chi connectivity index (χ2n) is 24.1. The van der Waals surface area contributed by atoms with Crippen LogP contribution in [0.15, 0.2) is 224 Å². The normalized spacial score (nSPS) is 12.3. The van der Waals surface area contributed by atoms with E-state index >= 15 is 0 Å². The predicted molar refractivity (Wildman–Crippen MR) is 413 cm³/mol. The van der Waals surface area contributed by atoms with Crippen LogP contribution in [0.5, 0.6) is 11.5 Å². The van der Waals surface area contributed by atoms with Gasteiger partial charge in [0, 0.05) is 44.6 Å². The van der Waals surface area contributed by atoms with Gasteiger partial charge in [-0.15, -0.1) is 20.5 Å². The molecule has 133 heavy (non-hydrogen) atoms. The number of aromatic hydroxyl groups is 2. The molecule has 1 aromatic heterocycles. The van der Waals surface area contributed by atoms with Crippen LogP contribution in [-0.4, -0.2) is 181 Å². The third kappa shape index (κ3) is 36.1. The third-order valence-electron chi connectivity index (χ3n) is 15.7. The smallest absolute Gasteiger partial charge is 0.744 e. The molecule has 6 N–H and O–H groups in total. The van der Waals surface area contributed by atoms with E-state index in [1.54, 1.807) is 0 Å². The zero-order chi connectivity index (χ0) is 92.9. The van der Waals surface area contributed by atoms with Gasteiger partial charge in [0.05, 0.1) is 98.5 Å². The predicted octanol–water partition coefficient (Wildman–Crippen LogP) is -18.5. The molecule has 0 saturated carbocycles. The molecule has 9 rings (SSSR count). The fourth-order valence-corrected chi connectivity index (χ4v) is 16.6. The minimum absolute atomic E-state index is 0. The molecule has 9 aromatic rings. The van der Waals surface area contributed by atoms with E-state index in [4.69, 9.17) is 4.74 Å². The number of ether oxygens (including phenoxy) is 1. The monoisotopic (exact) mass is 2110 g/mol. The van der Waals surface area contributed by atoms with Gasteiger partial charge < -0.3 is 74.0 Å². The van der Waals surface area contributed by atoms with Crippen molar-refractivity contribution in [2.45, 2.75) is 76.9 Å². The zero-order valence-electron chi connectivity index (χ0n) is 70.3. The molecule has 0 spiro atoms. The van der Waals surface area contributed by atoms with Gasteiger partial charge in [-0.05, 0) is 123 Å². The molecule has 2 unspecified atom stereocenters. The fourth-order valence-electron chi connectivity index (χ4n) is 10.2. The molecule has 0 aliphatic rings. The van der Waals surface area contributed by atoms with E-state index < -0.39 is 250 Å². The summed E-state index contributed by atoms with van der Waals surface area (Å²) in [6.45, 7) is 9.12. The minimum atomic E-state index is -5.72. The van der Waals surface area contributed by atoms with Gasteiger partial charge in [-0.3, -0.25) is 29.3 Å². The average Bonchev–Trinajstić information content (AvgIpc) is 0.750. The molecule has 0 saturated heterocycles. The summed E-state index contributed by atoms with van der Waals surface area (Å²) in [5.74, 6) is -8.26. The number of Topliss-reactive ketones (excluding diaryl/α,β-unsaturated/α-hetero) is 2. The summed E-state index contributed by atoms with van der Waals surface area (Å²) in [5.41, 5.74) is -5.61. The molecule has 0 radical (unpaired) electrons. The van der Waals surface area contributed by atoms with Crippen LogP contribution < -0.4 is 268 Å². The Morgan fingerprint density at radius 2 is 0.910 bits per heavy atom. The van der Waals surface area contributed by atoms with Crippen molar-refractivity contribution < 1.29 is 399 Å². The molecule has 2 amide bonds. The number of phenols is 2. The molecule has 0 aliphatic heterocycles. The molecule has 8 aromatic carbocycles. The van der Waals surface area contributed by atoms with E-state index in [-0.39, 0.29) is 298 Å². The molecule has 1 heterocycles. The van der Waals surface area contributed by atoms with Gasteiger partial charge in [0.15, 0.2) is 42.7 Å². The minimum Gasteiger partial charge on any atom is -0.744 e. The molecule has 666 valence electrons. The van der Waals surface area contributed by atoms with Crippen molar-refractivity contribution in [2.75, 3.05) is 46.8 Å². The second kappa shape index (κ2) is 55.7. The Hall–Kier alpha value is -3.64. The molecule has 2 atom stereocenters. The second-order valence-corrected chi connectivity index (χ2v) is 37.6. The number of aryl methyl sites for hydroxylation is 1. The van der Waals surface area contributed by atoms with Gasteiger partial charge in [-0.2, -0.15) is 48.5 Å². The number of carbonyl (C=O) groups is 4. The maximum Gasteiger partial charge on any atom is 1.00 e. The summed E-state index contributed by atoms with van der Waals surface area (Å²) in [6, 6.07) is 13.0. The summed E-state index contributed by atoms with van der Waals surface area (Å²) >= 11 is -0.0788. The summed E-state index contributed by atoms with van der Waals surface area (Å²) in [7, 11) is -40.0. The van der Waals surface area contributed by atoms with Gasteiger partial charge >= 0.3 is 243 Å². The van der Waals surface area contributed by atoms with Crippen LogP contribution in [0.3, 0.4) is 0 Å². The SMILES string of the molecule is C=CS(=O)(=O)CCOCCNc1nc(F)nc(Nc2ccc(S(=O)(=O)[O-])c(N=Nc3c(SOO[O-])cc4c(S(=O)(=O)[O-])c(NC(=O)C(N=Nc5ccc(C)cc5S(=O)(=O)[O-])C(C)=O)ccc4c3O)c2)n1.C=CS(=O)(=O)c1ccc(S(=O)(=O)[O-])c(N=NC(C(C)=O)C(=O)Nc2ccc3c(O)c(N=Nc4ccccc4S(=O)(=O)[O-])c(SOO[O-])cc3c2S(=O)(=O)[O-])c1.[Na+].[Na+].[Na+].[Na+].[Na+].[Na+].[Na+].[Na+]. The first-order chi connectivity index (χ1) is 58.2. The number of rotatable bonds is 38. The number of nitrogens with zero attached hydrogens (tertiary/aromatic N) is 11. The third-order valence-corrected chi connectivity index (χ3v) is 24.9. The molecule has 69 heteroatoms. The number of carbonyl (C=O) groups excluding carboxylic acids is 4. The van der Waals surface area contributed by atoms with Gasteiger partial charge in [-0.25, -0.2) is 67.3 Å². The number of amides is 2. The van der Waals surface area contributed by atoms with Crippen molar-refractivity contribution >= 4 is 212 Å². The van der Waals surface area contributed by atoms with E-state index in [1.807, 2.05) is 10.6 Å². The fraction of sp³-hybridized carbons (Fsp3) is 0.141. The molecule has 0 fully saturated rings. The van der Waals surface area contributed by atoms with Crippen LogP contribution in [-0.2, 0) is 123 Å². The van der Waals surface area contributed by atoms with Crippen LogP contribution in [0, 0.1) is 13.0 Å². The zero-order valence-corrected chi connectivity index (χ0v) is 94.4. The number of phenolic OH excluding ortho intramolecular Hbond substituents is 2. The maximum absolute atomic E-state index is 14.4. The van der Waals surface area contributed by atoms with E-state index in [1.165, 1.54) is 25.1 Å². The van der Waals surface area contributed by atoms with E-state index in [0.717, 1.165) is 104 Å². The Bertz CT molecular complexity index is 7030. The topological polar surface area (TPSA) is 798 Å². The maximum atomic E-state index is 14.4. The number of anilines is 5. The van der Waals surface area contributed by atoms with Gasteiger partial charge in [-0.1, -0.05) is 31.4 Å². The number of benzene rings is 8. The van der Waals surface area contributed by atoms with Gasteiger partial charge in [0.1, 0.15) is 94.8 Å². The Morgan fingerprint density at radius 1 is 0.481 bits per heavy atom. The van der Waals surface area contributed by atoms with Crippen LogP contribution in [0.2, 0.25) is 0 Å². The first kappa shape index (κ1) is 129. The van der Waals surface area contributed by atoms with E-state index in [2.05, 4.69) is 98.4 Å². The van der Waals surface area contributed by atoms with Crippen LogP contribution in [0.25, 0.3) is 21.5 Å². The van der Waals surface area contributed by atoms with Crippen molar-refractivity contribution in [3.63, 3.8) is 0 Å². The van der Waals surface area contributed by atoms with Crippen molar-refractivity contribution in [1.82, 2.24) is 15.0 Å². The number of halogens is 1. The van der Waals surface area contributed by atoms with Crippen LogP contribution in [0.4, 0.5) is 67.5 Å². The van der Waals surface area contributed by atoms with Gasteiger partial charge in [0.2, 0.25) is 24.0 Å². The number of aromatic nitrogens is 3. The summed E-state index contributed by atoms with van der Waals surface area (Å²) in [4.78, 5) is 54.6. The molecular formula is C64H50FN15Na8O35S10. The Morgan fingerprint density at radius 3 is 1.35 bits per heavy atom. The molecule has 0 aliphatic carbocycles. The van der Waals surface area contributed by atoms with Gasteiger partial charge in [0.25, 0.3) is 11.8 Å². The number of sulfone groups is 2. The number of ketones is 2. The van der Waals surface area contributed by atoms with Crippen LogP contribution in [0.1, 0.15) is 19.4 Å². The Balaban J connectivity index is 0.00000253. The van der Waals surface area contributed by atoms with E-state index in [9.17, 15) is 139 Å². The first-order valence-electron chi connectivity index (χ1n) is 32.9. The number of fused-ring (bicyclic) bond motifs is 2. The summed E-state index contributed by atoms with van der Waals surface area (Å²) in [5, 5.41) is 87.6. The Kier molecular flexibility index (Phi) is 54.2. The standard InChI is InChI=1S/C36H35FN10O18S5.C28H23N5O17S5.8Na/c1-4-67(52,53)14-13-63-12-11-38-35-41-34(37)42-36(43-35)39-20-6-10-27(68(54,55)56)25(16-20)45-47-30-26(66-65-64-51)17-22-21(31(30)49)7-9-24(32(22)70(60,61)62)40-33(50)29(19(3)48)46-44-23-8-5-18(2)15-28(23)69(57,58)59;1-3-52(38,39)15-8-11-23(54(43,44)45)20(12-15)31-32-24(14(2)34)28(36)29-19-10-9-16-17(27(19)55(46,47)48)13-21(51-50-49-37)25(26(16)35)33-30-18-6-4-5-7-22(18)53(40,41)42;;;;;;;;/h4-10,15-17,29,49,51H,1,11-14H2,2-3H3,(H,40,50)(H,54,55,56)(H,57,58,59)(H,60,61,62)(H2,38,39,41,42,43);3-13,24,35,37H,1H2,2H3,(H,29,36)(H,40,41,42)(H,43,44,45)(H,46,47,48);;;;;;;;/q;;8*+1/p-8. The van der Waals surface area contributed by atoms with E-state index in [0.29, 0.717) is 23.1 Å². The van der Waals surface area contributed by atoms with Crippen molar-refractivity contribution in [3.05, 3.63) is 151 Å². The molecular weight excluding hydrogens is 2060 g/mol. The number of nitrogens with one attached hydrogen (secondary N) is 4.